The third-order valence-electron chi connectivity index (χ3n) is 2.87. The van der Waals surface area contributed by atoms with Gasteiger partial charge < -0.3 is 5.11 Å². The van der Waals surface area contributed by atoms with Gasteiger partial charge in [-0.05, 0) is 53.9 Å². The first kappa shape index (κ1) is 14.5. The monoisotopic (exact) mass is 342 g/mol. The van der Waals surface area contributed by atoms with Crippen LogP contribution in [-0.4, -0.2) is 5.11 Å². The fourth-order valence-electron chi connectivity index (χ4n) is 1.98. The molecule has 0 aliphatic heterocycles. The van der Waals surface area contributed by atoms with Crippen molar-refractivity contribution in [1.29, 1.82) is 0 Å². The van der Waals surface area contributed by atoms with E-state index in [0.29, 0.717) is 10.6 Å². The molecule has 0 saturated carbocycles. The molecule has 0 spiro atoms. The van der Waals surface area contributed by atoms with Crippen LogP contribution >= 0.6 is 27.5 Å². The zero-order chi connectivity index (χ0) is 14.0. The van der Waals surface area contributed by atoms with Gasteiger partial charge in [0.1, 0.15) is 5.82 Å². The van der Waals surface area contributed by atoms with Gasteiger partial charge in [0.15, 0.2) is 0 Å². The molecule has 1 atom stereocenters. The molecule has 19 heavy (non-hydrogen) atoms. The van der Waals surface area contributed by atoms with Crippen LogP contribution in [0.15, 0.2) is 40.9 Å². The minimum atomic E-state index is -0.713. The van der Waals surface area contributed by atoms with Crippen LogP contribution in [0.25, 0.3) is 0 Å². The van der Waals surface area contributed by atoms with Crippen molar-refractivity contribution in [2.75, 3.05) is 0 Å². The van der Waals surface area contributed by atoms with Crippen molar-refractivity contribution in [3.63, 3.8) is 0 Å². The Bertz CT molecular complexity index is 580. The highest BCUT2D eigenvalue weighted by atomic mass is 79.9. The second-order valence-corrected chi connectivity index (χ2v) is 5.84. The molecular weight excluding hydrogens is 331 g/mol. The molecule has 0 saturated heterocycles. The van der Waals surface area contributed by atoms with Crippen molar-refractivity contribution < 1.29 is 9.50 Å². The Morgan fingerprint density at radius 2 is 2.00 bits per heavy atom. The number of aliphatic hydroxyl groups excluding tert-OH is 1. The number of hydrogen-bond acceptors (Lipinski definition) is 1. The van der Waals surface area contributed by atoms with Crippen LogP contribution in [0.4, 0.5) is 4.39 Å². The zero-order valence-electron chi connectivity index (χ0n) is 10.3. The van der Waals surface area contributed by atoms with E-state index in [0.717, 1.165) is 15.6 Å². The van der Waals surface area contributed by atoms with Crippen LogP contribution in [0.3, 0.4) is 0 Å². The number of rotatable bonds is 3. The summed E-state index contributed by atoms with van der Waals surface area (Å²) in [7, 11) is 0. The molecule has 0 aliphatic carbocycles. The summed E-state index contributed by atoms with van der Waals surface area (Å²) in [6.45, 7) is 1.95. The Morgan fingerprint density at radius 3 is 2.68 bits per heavy atom. The van der Waals surface area contributed by atoms with Gasteiger partial charge in [-0.2, -0.15) is 0 Å². The molecule has 0 heterocycles. The van der Waals surface area contributed by atoms with Crippen molar-refractivity contribution in [1.82, 2.24) is 0 Å². The zero-order valence-corrected chi connectivity index (χ0v) is 12.7. The second kappa shape index (κ2) is 6.04. The van der Waals surface area contributed by atoms with Crippen molar-refractivity contribution >= 4 is 27.5 Å². The molecule has 1 nitrogen and oxygen atoms in total. The fraction of sp³-hybridized carbons (Fsp3) is 0.200. The Kier molecular flexibility index (Phi) is 4.61. The molecule has 0 fully saturated rings. The van der Waals surface area contributed by atoms with Crippen molar-refractivity contribution in [3.8, 4) is 0 Å². The van der Waals surface area contributed by atoms with E-state index in [1.165, 1.54) is 18.2 Å². The van der Waals surface area contributed by atoms with Crippen LogP contribution < -0.4 is 0 Å². The van der Waals surface area contributed by atoms with Gasteiger partial charge in [0.05, 0.1) is 6.10 Å². The highest BCUT2D eigenvalue weighted by molar-refractivity contribution is 9.10. The van der Waals surface area contributed by atoms with Crippen molar-refractivity contribution in [3.05, 3.63) is 68.4 Å². The first-order chi connectivity index (χ1) is 8.95. The standard InChI is InChI=1S/C15H13BrClFO/c1-9-4-11(6-12(16)5-9)15(19)8-10-7-13(18)2-3-14(10)17/h2-7,15,19H,8H2,1H3. The summed E-state index contributed by atoms with van der Waals surface area (Å²) >= 11 is 9.40. The summed E-state index contributed by atoms with van der Waals surface area (Å²) < 4.78 is 14.1. The Labute approximate surface area is 125 Å². The molecule has 4 heteroatoms. The number of aliphatic hydroxyl groups is 1. The molecule has 2 rings (SSSR count). The summed E-state index contributed by atoms with van der Waals surface area (Å²) in [5, 5.41) is 10.7. The van der Waals surface area contributed by atoms with E-state index in [9.17, 15) is 9.50 Å². The fourth-order valence-corrected chi connectivity index (χ4v) is 2.80. The number of hydrogen-bond donors (Lipinski definition) is 1. The summed E-state index contributed by atoms with van der Waals surface area (Å²) in [5.41, 5.74) is 2.44. The SMILES string of the molecule is Cc1cc(Br)cc(C(O)Cc2cc(F)ccc2Cl)c1. The van der Waals surface area contributed by atoms with Gasteiger partial charge in [-0.25, -0.2) is 4.39 Å². The lowest BCUT2D eigenvalue weighted by Crippen LogP contribution is -2.03. The molecule has 2 aromatic carbocycles. The van der Waals surface area contributed by atoms with Gasteiger partial charge in [-0.15, -0.1) is 0 Å². The Morgan fingerprint density at radius 1 is 1.26 bits per heavy atom. The summed E-state index contributed by atoms with van der Waals surface area (Å²) in [6.07, 6.45) is -0.428. The summed E-state index contributed by atoms with van der Waals surface area (Å²) in [5.74, 6) is -0.350. The Balaban J connectivity index is 2.25. The van der Waals surface area contributed by atoms with E-state index in [1.54, 1.807) is 0 Å². The summed E-state index contributed by atoms with van der Waals surface area (Å²) in [4.78, 5) is 0. The van der Waals surface area contributed by atoms with Gasteiger partial charge in [-0.3, -0.25) is 0 Å². The van der Waals surface area contributed by atoms with Crippen LogP contribution in [0, 0.1) is 12.7 Å². The van der Waals surface area contributed by atoms with Gasteiger partial charge in [0.2, 0.25) is 0 Å². The average molecular weight is 344 g/mol. The predicted octanol–water partition coefficient (Wildman–Crippen LogP) is 4.83. The van der Waals surface area contributed by atoms with Crippen LogP contribution in [0.1, 0.15) is 22.8 Å². The molecule has 1 N–H and O–H groups in total. The van der Waals surface area contributed by atoms with Crippen LogP contribution in [0.5, 0.6) is 0 Å². The first-order valence-corrected chi connectivity index (χ1v) is 7.02. The van der Waals surface area contributed by atoms with E-state index in [2.05, 4.69) is 15.9 Å². The quantitative estimate of drug-likeness (QED) is 0.846. The second-order valence-electron chi connectivity index (χ2n) is 4.52. The predicted molar refractivity (Wildman–Crippen MR) is 79.0 cm³/mol. The molecule has 1 unspecified atom stereocenters. The lowest BCUT2D eigenvalue weighted by molar-refractivity contribution is 0.178. The van der Waals surface area contributed by atoms with E-state index >= 15 is 0 Å². The highest BCUT2D eigenvalue weighted by Gasteiger charge is 2.12. The number of aryl methyl sites for hydroxylation is 1. The molecule has 2 aromatic rings. The lowest BCUT2D eigenvalue weighted by Gasteiger charge is -2.13. The van der Waals surface area contributed by atoms with Gasteiger partial charge in [0.25, 0.3) is 0 Å². The van der Waals surface area contributed by atoms with Crippen molar-refractivity contribution in [2.24, 2.45) is 0 Å². The lowest BCUT2D eigenvalue weighted by atomic mass is 10.00. The topological polar surface area (TPSA) is 20.2 Å². The average Bonchev–Trinajstić information content (AvgIpc) is 2.32. The third kappa shape index (κ3) is 3.78. The smallest absolute Gasteiger partial charge is 0.123 e. The van der Waals surface area contributed by atoms with Crippen LogP contribution in [0.2, 0.25) is 5.02 Å². The highest BCUT2D eigenvalue weighted by Crippen LogP contribution is 2.26. The molecule has 0 aromatic heterocycles. The molecule has 0 bridgehead atoms. The van der Waals surface area contributed by atoms with Crippen LogP contribution in [-0.2, 0) is 6.42 Å². The van der Waals surface area contributed by atoms with E-state index in [4.69, 9.17) is 11.6 Å². The maximum atomic E-state index is 13.2. The third-order valence-corrected chi connectivity index (χ3v) is 3.70. The maximum absolute atomic E-state index is 13.2. The Hall–Kier alpha value is -0.900. The van der Waals surface area contributed by atoms with E-state index < -0.39 is 6.10 Å². The summed E-state index contributed by atoms with van der Waals surface area (Å²) in [6, 6.07) is 9.89. The number of halogens is 3. The van der Waals surface area contributed by atoms with Gasteiger partial charge >= 0.3 is 0 Å². The van der Waals surface area contributed by atoms with Gasteiger partial charge in [0, 0.05) is 15.9 Å². The largest absolute Gasteiger partial charge is 0.388 e. The molecule has 100 valence electrons. The minimum absolute atomic E-state index is 0.284. The number of benzene rings is 2. The molecule has 0 aliphatic rings. The normalized spacial score (nSPS) is 12.5. The minimum Gasteiger partial charge on any atom is -0.388 e. The van der Waals surface area contributed by atoms with Gasteiger partial charge in [-0.1, -0.05) is 33.6 Å². The van der Waals surface area contributed by atoms with Crippen molar-refractivity contribution in [2.45, 2.75) is 19.4 Å². The molecular formula is C15H13BrClFO. The van der Waals surface area contributed by atoms with E-state index in [-0.39, 0.29) is 12.2 Å². The van der Waals surface area contributed by atoms with E-state index in [1.807, 2.05) is 25.1 Å². The molecule has 0 amide bonds. The maximum Gasteiger partial charge on any atom is 0.123 e. The first-order valence-electron chi connectivity index (χ1n) is 5.85. The molecule has 0 radical (unpaired) electrons.